The van der Waals surface area contributed by atoms with Crippen LogP contribution in [0.3, 0.4) is 0 Å². The van der Waals surface area contributed by atoms with Crippen molar-refractivity contribution in [2.45, 2.75) is 51.2 Å². The van der Waals surface area contributed by atoms with E-state index in [4.69, 9.17) is 14.2 Å². The molecule has 15 heteroatoms. The molecule has 0 bridgehead atoms. The molecule has 3 rings (SSSR count). The fourth-order valence-corrected chi connectivity index (χ4v) is 4.68. The molecular formula is C26H26F6N2O7. The van der Waals surface area contributed by atoms with Crippen molar-refractivity contribution in [3.8, 4) is 5.75 Å². The molecule has 0 aliphatic carbocycles. The summed E-state index contributed by atoms with van der Waals surface area (Å²) in [4.78, 5) is 39.8. The fourth-order valence-electron chi connectivity index (χ4n) is 4.68. The molecule has 224 valence electrons. The van der Waals surface area contributed by atoms with E-state index in [2.05, 4.69) is 0 Å². The van der Waals surface area contributed by atoms with Crippen molar-refractivity contribution < 1.29 is 60.0 Å². The molecule has 2 atom stereocenters. The maximum absolute atomic E-state index is 13.5. The Hall–Kier alpha value is -4.17. The highest BCUT2D eigenvalue weighted by atomic mass is 19.4. The Morgan fingerprint density at radius 3 is 2.05 bits per heavy atom. The van der Waals surface area contributed by atoms with Crippen LogP contribution in [0.15, 0.2) is 30.3 Å². The van der Waals surface area contributed by atoms with Crippen LogP contribution in [0.1, 0.15) is 58.9 Å². The molecule has 1 heterocycles. The number of hydrogen-bond acceptors (Lipinski definition) is 6. The minimum Gasteiger partial charge on any atom is -0.496 e. The van der Waals surface area contributed by atoms with Gasteiger partial charge in [0.1, 0.15) is 11.3 Å². The third-order valence-electron chi connectivity index (χ3n) is 6.45. The van der Waals surface area contributed by atoms with Gasteiger partial charge < -0.3 is 19.3 Å². The number of hydrogen-bond donors (Lipinski definition) is 1. The highest BCUT2D eigenvalue weighted by molar-refractivity contribution is 5.97. The molecule has 1 aliphatic heterocycles. The van der Waals surface area contributed by atoms with Crippen LogP contribution < -0.4 is 9.64 Å². The number of rotatable bonds is 6. The molecule has 0 saturated carbocycles. The number of methoxy groups -OCH3 is 2. The normalized spacial score (nSPS) is 17.0. The predicted octanol–water partition coefficient (Wildman–Crippen LogP) is 6.50. The second-order valence-corrected chi connectivity index (χ2v) is 9.10. The SMILES string of the molecule is CCOC(=O)N1c2cc(C(=O)O)c(OC)cc2[C@@H](N(Cc2cc(C(F)(F)F)cc(C(F)(F)F)c2)C(=O)OC)C[C@H]1C. The zero-order valence-corrected chi connectivity index (χ0v) is 22.2. The van der Waals surface area contributed by atoms with Crippen molar-refractivity contribution in [2.24, 2.45) is 0 Å². The van der Waals surface area contributed by atoms with E-state index < -0.39 is 65.8 Å². The van der Waals surface area contributed by atoms with Crippen molar-refractivity contribution in [3.05, 3.63) is 58.1 Å². The zero-order valence-electron chi connectivity index (χ0n) is 22.2. The topological polar surface area (TPSA) is 106 Å². The van der Waals surface area contributed by atoms with Gasteiger partial charge in [0.2, 0.25) is 0 Å². The number of fused-ring (bicyclic) bond motifs is 1. The number of carbonyl (C=O) groups excluding carboxylic acids is 2. The molecule has 0 spiro atoms. The van der Waals surface area contributed by atoms with E-state index in [1.165, 1.54) is 13.2 Å². The Morgan fingerprint density at radius 2 is 1.59 bits per heavy atom. The van der Waals surface area contributed by atoms with E-state index in [9.17, 15) is 45.8 Å². The lowest BCUT2D eigenvalue weighted by atomic mass is 9.89. The lowest BCUT2D eigenvalue weighted by Gasteiger charge is -2.42. The Labute approximate surface area is 230 Å². The third kappa shape index (κ3) is 6.60. The molecule has 0 fully saturated rings. The second-order valence-electron chi connectivity index (χ2n) is 9.10. The lowest BCUT2D eigenvalue weighted by Crippen LogP contribution is -2.47. The number of alkyl halides is 6. The van der Waals surface area contributed by atoms with Gasteiger partial charge in [0, 0.05) is 18.2 Å². The molecule has 1 aliphatic rings. The van der Waals surface area contributed by atoms with Crippen LogP contribution in [0.5, 0.6) is 5.75 Å². The molecule has 2 aromatic rings. The monoisotopic (exact) mass is 592 g/mol. The standard InChI is InChI=1S/C26H26F6N2O7/c1-5-41-24(38)34-13(2)6-19(17-11-21(39-3)18(22(35)36)10-20(17)34)33(23(37)40-4)12-14-7-15(25(27,28)29)9-16(8-14)26(30,31)32/h7-11,13,19H,5-6,12H2,1-4H3,(H,35,36)/t13-,19+/m1/s1. The van der Waals surface area contributed by atoms with Crippen molar-refractivity contribution in [1.82, 2.24) is 4.90 Å². The fraction of sp³-hybridized carbons (Fsp3) is 0.423. The molecular weight excluding hydrogens is 566 g/mol. The first-order chi connectivity index (χ1) is 19.0. The molecule has 2 amide bonds. The van der Waals surface area contributed by atoms with Gasteiger partial charge in [-0.2, -0.15) is 26.3 Å². The summed E-state index contributed by atoms with van der Waals surface area (Å²) in [5.41, 5.74) is -3.83. The number of carboxylic acids is 1. The lowest BCUT2D eigenvalue weighted by molar-refractivity contribution is -0.143. The predicted molar refractivity (Wildman–Crippen MR) is 131 cm³/mol. The summed E-state index contributed by atoms with van der Waals surface area (Å²) < 4.78 is 96.0. The van der Waals surface area contributed by atoms with Gasteiger partial charge in [0.15, 0.2) is 0 Å². The maximum atomic E-state index is 13.5. The number of carboxylic acid groups (broad SMARTS) is 1. The Morgan fingerprint density at radius 1 is 1.00 bits per heavy atom. The highest BCUT2D eigenvalue weighted by Crippen LogP contribution is 2.45. The van der Waals surface area contributed by atoms with E-state index in [0.29, 0.717) is 12.1 Å². The highest BCUT2D eigenvalue weighted by Gasteiger charge is 2.42. The van der Waals surface area contributed by atoms with E-state index >= 15 is 0 Å². The minimum absolute atomic E-state index is 0.000624. The van der Waals surface area contributed by atoms with Crippen LogP contribution in [0, 0.1) is 0 Å². The van der Waals surface area contributed by atoms with Crippen molar-refractivity contribution in [2.75, 3.05) is 25.7 Å². The number of halogens is 6. The average molecular weight is 592 g/mol. The van der Waals surface area contributed by atoms with Crippen molar-refractivity contribution >= 4 is 23.8 Å². The van der Waals surface area contributed by atoms with Crippen LogP contribution in [-0.2, 0) is 28.4 Å². The first kappa shape index (κ1) is 31.4. The molecule has 2 aromatic carbocycles. The van der Waals surface area contributed by atoms with Gasteiger partial charge in [-0.1, -0.05) is 0 Å². The maximum Gasteiger partial charge on any atom is 0.416 e. The molecule has 0 unspecified atom stereocenters. The first-order valence-corrected chi connectivity index (χ1v) is 12.1. The largest absolute Gasteiger partial charge is 0.496 e. The minimum atomic E-state index is -5.11. The summed E-state index contributed by atoms with van der Waals surface area (Å²) in [6.07, 6.45) is -12.2. The van der Waals surface area contributed by atoms with Crippen molar-refractivity contribution in [3.63, 3.8) is 0 Å². The van der Waals surface area contributed by atoms with Gasteiger partial charge in [0.05, 0.1) is 43.7 Å². The van der Waals surface area contributed by atoms with Gasteiger partial charge >= 0.3 is 30.5 Å². The number of nitrogens with zero attached hydrogens (tertiary/aromatic N) is 2. The van der Waals surface area contributed by atoms with Crippen LogP contribution in [0.2, 0.25) is 0 Å². The number of amides is 2. The van der Waals surface area contributed by atoms with Crippen LogP contribution in [0.25, 0.3) is 0 Å². The van der Waals surface area contributed by atoms with Crippen LogP contribution in [-0.4, -0.2) is 55.0 Å². The Bertz CT molecular complexity index is 1300. The smallest absolute Gasteiger partial charge is 0.416 e. The van der Waals surface area contributed by atoms with Gasteiger partial charge in [0.25, 0.3) is 0 Å². The summed E-state index contributed by atoms with van der Waals surface area (Å²) in [6, 6.07) is 1.47. The van der Waals surface area contributed by atoms with Crippen LogP contribution in [0.4, 0.5) is 41.6 Å². The van der Waals surface area contributed by atoms with E-state index in [-0.39, 0.29) is 41.7 Å². The molecule has 9 nitrogen and oxygen atoms in total. The Balaban J connectivity index is 2.23. The number of anilines is 1. The summed E-state index contributed by atoms with van der Waals surface area (Å²) in [5, 5.41) is 9.69. The molecule has 0 radical (unpaired) electrons. The third-order valence-corrected chi connectivity index (χ3v) is 6.45. The van der Waals surface area contributed by atoms with Crippen molar-refractivity contribution in [1.29, 1.82) is 0 Å². The number of benzene rings is 2. The summed E-state index contributed by atoms with van der Waals surface area (Å²) >= 11 is 0. The van der Waals surface area contributed by atoms with Gasteiger partial charge in [-0.05, 0) is 56.2 Å². The second kappa shape index (κ2) is 11.7. The van der Waals surface area contributed by atoms with Gasteiger partial charge in [-0.3, -0.25) is 9.80 Å². The quantitative estimate of drug-likeness (QED) is 0.382. The van der Waals surface area contributed by atoms with Gasteiger partial charge in [-0.15, -0.1) is 0 Å². The molecule has 1 N–H and O–H groups in total. The number of carbonyl (C=O) groups is 3. The van der Waals surface area contributed by atoms with Gasteiger partial charge in [-0.25, -0.2) is 14.4 Å². The Kier molecular flexibility index (Phi) is 8.98. The molecule has 0 saturated heterocycles. The number of aromatic carboxylic acids is 1. The first-order valence-electron chi connectivity index (χ1n) is 12.1. The molecule has 0 aromatic heterocycles. The summed E-state index contributed by atoms with van der Waals surface area (Å²) in [6.45, 7) is 2.34. The molecule has 41 heavy (non-hydrogen) atoms. The summed E-state index contributed by atoms with van der Waals surface area (Å²) in [7, 11) is 2.16. The number of ether oxygens (including phenoxy) is 3. The van der Waals surface area contributed by atoms with Crippen LogP contribution >= 0.6 is 0 Å². The van der Waals surface area contributed by atoms with E-state index in [0.717, 1.165) is 23.0 Å². The zero-order chi connectivity index (χ0) is 30.9. The summed E-state index contributed by atoms with van der Waals surface area (Å²) in [5.74, 6) is -1.57. The van der Waals surface area contributed by atoms with E-state index in [1.807, 2.05) is 0 Å². The van der Waals surface area contributed by atoms with E-state index in [1.54, 1.807) is 13.8 Å². The average Bonchev–Trinajstić information content (AvgIpc) is 2.89.